The van der Waals surface area contributed by atoms with Crippen LogP contribution in [0.3, 0.4) is 0 Å². The highest BCUT2D eigenvalue weighted by Gasteiger charge is 2.11. The summed E-state index contributed by atoms with van der Waals surface area (Å²) in [5.41, 5.74) is 0.841. The van der Waals surface area contributed by atoms with E-state index in [2.05, 4.69) is 27.5 Å². The highest BCUT2D eigenvalue weighted by Crippen LogP contribution is 2.27. The molecule has 1 aromatic heterocycles. The Kier molecular flexibility index (Phi) is 5.76. The van der Waals surface area contributed by atoms with Gasteiger partial charge in [0.25, 0.3) is 5.91 Å². The van der Waals surface area contributed by atoms with Crippen molar-refractivity contribution in [2.75, 3.05) is 17.7 Å². The maximum Gasteiger partial charge on any atom is 0.274 e. The van der Waals surface area contributed by atoms with E-state index in [1.807, 2.05) is 6.92 Å². The Labute approximate surface area is 140 Å². The molecule has 1 atom stereocenters. The van der Waals surface area contributed by atoms with Crippen molar-refractivity contribution in [2.24, 2.45) is 0 Å². The number of halogens is 1. The minimum atomic E-state index is -0.333. The van der Waals surface area contributed by atoms with Gasteiger partial charge < -0.3 is 15.4 Å². The molecule has 1 aromatic carbocycles. The molecule has 1 heterocycles. The number of anilines is 2. The molecular formula is C16H19ClN4O2. The summed E-state index contributed by atoms with van der Waals surface area (Å²) < 4.78 is 5.08. The number of carbonyl (C=O) groups is 1. The monoisotopic (exact) mass is 334 g/mol. The number of benzene rings is 1. The molecule has 0 fully saturated rings. The summed E-state index contributed by atoms with van der Waals surface area (Å²) in [4.78, 5) is 20.4. The zero-order valence-electron chi connectivity index (χ0n) is 13.3. The molecule has 2 aromatic rings. The van der Waals surface area contributed by atoms with E-state index in [9.17, 15) is 4.79 Å². The molecule has 0 radical (unpaired) electrons. The van der Waals surface area contributed by atoms with E-state index in [0.29, 0.717) is 22.3 Å². The molecule has 122 valence electrons. The fourth-order valence-corrected chi connectivity index (χ4v) is 2.11. The van der Waals surface area contributed by atoms with E-state index < -0.39 is 0 Å². The van der Waals surface area contributed by atoms with Gasteiger partial charge in [-0.15, -0.1) is 0 Å². The summed E-state index contributed by atoms with van der Waals surface area (Å²) in [7, 11) is 1.53. The molecule has 0 aliphatic carbocycles. The van der Waals surface area contributed by atoms with Gasteiger partial charge in [-0.1, -0.05) is 18.5 Å². The van der Waals surface area contributed by atoms with Crippen LogP contribution in [-0.4, -0.2) is 29.0 Å². The summed E-state index contributed by atoms with van der Waals surface area (Å²) in [6.07, 6.45) is 2.32. The van der Waals surface area contributed by atoms with E-state index in [1.165, 1.54) is 13.4 Å². The van der Waals surface area contributed by atoms with Crippen LogP contribution in [0.25, 0.3) is 0 Å². The summed E-state index contributed by atoms with van der Waals surface area (Å²) >= 11 is 6.05. The molecule has 2 rings (SSSR count). The predicted molar refractivity (Wildman–Crippen MR) is 91.4 cm³/mol. The second-order valence-electron chi connectivity index (χ2n) is 5.05. The van der Waals surface area contributed by atoms with Crippen LogP contribution in [0.4, 0.5) is 11.5 Å². The third kappa shape index (κ3) is 4.56. The fourth-order valence-electron chi connectivity index (χ4n) is 1.85. The zero-order chi connectivity index (χ0) is 16.8. The van der Waals surface area contributed by atoms with Crippen molar-refractivity contribution in [1.29, 1.82) is 0 Å². The van der Waals surface area contributed by atoms with Gasteiger partial charge in [0.05, 0.1) is 12.1 Å². The SMILES string of the molecule is CCC(C)Nc1cc(C(=O)Nc2ccc(OC)c(Cl)c2)ncn1. The third-order valence-corrected chi connectivity index (χ3v) is 3.61. The van der Waals surface area contributed by atoms with Crippen LogP contribution in [0.15, 0.2) is 30.6 Å². The molecule has 0 aliphatic rings. The molecule has 1 amide bonds. The van der Waals surface area contributed by atoms with Gasteiger partial charge in [0.15, 0.2) is 0 Å². The Morgan fingerprint density at radius 1 is 1.35 bits per heavy atom. The van der Waals surface area contributed by atoms with E-state index >= 15 is 0 Å². The van der Waals surface area contributed by atoms with Crippen LogP contribution < -0.4 is 15.4 Å². The average molecular weight is 335 g/mol. The van der Waals surface area contributed by atoms with Crippen molar-refractivity contribution >= 4 is 29.0 Å². The molecule has 0 aliphatic heterocycles. The number of carbonyl (C=O) groups excluding carboxylic acids is 1. The third-order valence-electron chi connectivity index (χ3n) is 3.32. The first kappa shape index (κ1) is 17.0. The van der Waals surface area contributed by atoms with Crippen molar-refractivity contribution in [2.45, 2.75) is 26.3 Å². The quantitative estimate of drug-likeness (QED) is 0.844. The molecule has 1 unspecified atom stereocenters. The highest BCUT2D eigenvalue weighted by molar-refractivity contribution is 6.32. The molecule has 2 N–H and O–H groups in total. The summed E-state index contributed by atoms with van der Waals surface area (Å²) in [6, 6.07) is 6.90. The maximum atomic E-state index is 12.3. The Morgan fingerprint density at radius 2 is 2.13 bits per heavy atom. The van der Waals surface area contributed by atoms with Crippen LogP contribution in [0, 0.1) is 0 Å². The fraction of sp³-hybridized carbons (Fsp3) is 0.312. The van der Waals surface area contributed by atoms with Crippen LogP contribution in [-0.2, 0) is 0 Å². The largest absolute Gasteiger partial charge is 0.495 e. The summed E-state index contributed by atoms with van der Waals surface area (Å²) in [5.74, 6) is 0.833. The van der Waals surface area contributed by atoms with E-state index in [1.54, 1.807) is 24.3 Å². The highest BCUT2D eigenvalue weighted by atomic mass is 35.5. The number of hydrogen-bond donors (Lipinski definition) is 2. The lowest BCUT2D eigenvalue weighted by atomic mass is 10.2. The van der Waals surface area contributed by atoms with Gasteiger partial charge in [0.1, 0.15) is 23.6 Å². The number of nitrogens with one attached hydrogen (secondary N) is 2. The lowest BCUT2D eigenvalue weighted by molar-refractivity contribution is 0.102. The first-order valence-corrected chi connectivity index (χ1v) is 7.64. The van der Waals surface area contributed by atoms with Crippen LogP contribution >= 0.6 is 11.6 Å². The molecule has 0 spiro atoms. The summed E-state index contributed by atoms with van der Waals surface area (Å²) in [5, 5.41) is 6.38. The van der Waals surface area contributed by atoms with Gasteiger partial charge in [-0.25, -0.2) is 9.97 Å². The van der Waals surface area contributed by atoms with Crippen LogP contribution in [0.5, 0.6) is 5.75 Å². The number of methoxy groups -OCH3 is 1. The van der Waals surface area contributed by atoms with Gasteiger partial charge in [-0.3, -0.25) is 4.79 Å². The standard InChI is InChI=1S/C16H19ClN4O2/c1-4-10(2)20-15-8-13(18-9-19-15)16(22)21-11-5-6-14(23-3)12(17)7-11/h5-10H,4H2,1-3H3,(H,21,22)(H,18,19,20). The van der Waals surface area contributed by atoms with Crippen molar-refractivity contribution in [3.05, 3.63) is 41.3 Å². The normalized spacial score (nSPS) is 11.7. The van der Waals surface area contributed by atoms with Gasteiger partial charge in [-0.05, 0) is 31.5 Å². The van der Waals surface area contributed by atoms with Crippen LogP contribution in [0.2, 0.25) is 5.02 Å². The number of rotatable bonds is 6. The Balaban J connectivity index is 2.11. The first-order valence-electron chi connectivity index (χ1n) is 7.27. The minimum Gasteiger partial charge on any atom is -0.495 e. The van der Waals surface area contributed by atoms with Crippen molar-refractivity contribution in [3.8, 4) is 5.75 Å². The Morgan fingerprint density at radius 3 is 2.78 bits per heavy atom. The second-order valence-corrected chi connectivity index (χ2v) is 5.45. The lowest BCUT2D eigenvalue weighted by Gasteiger charge is -2.12. The van der Waals surface area contributed by atoms with Crippen molar-refractivity contribution in [1.82, 2.24) is 9.97 Å². The Hall–Kier alpha value is -2.34. The van der Waals surface area contributed by atoms with Crippen molar-refractivity contribution < 1.29 is 9.53 Å². The minimum absolute atomic E-state index is 0.265. The van der Waals surface area contributed by atoms with Crippen LogP contribution in [0.1, 0.15) is 30.8 Å². The average Bonchev–Trinajstić information content (AvgIpc) is 2.55. The Bertz CT molecular complexity index is 694. The number of hydrogen-bond acceptors (Lipinski definition) is 5. The van der Waals surface area contributed by atoms with E-state index in [0.717, 1.165) is 6.42 Å². The molecule has 0 bridgehead atoms. The van der Waals surface area contributed by atoms with E-state index in [4.69, 9.17) is 16.3 Å². The smallest absolute Gasteiger partial charge is 0.274 e. The molecule has 23 heavy (non-hydrogen) atoms. The maximum absolute atomic E-state index is 12.3. The van der Waals surface area contributed by atoms with E-state index in [-0.39, 0.29) is 17.6 Å². The molecule has 7 heteroatoms. The topological polar surface area (TPSA) is 76.1 Å². The number of nitrogens with zero attached hydrogens (tertiary/aromatic N) is 2. The van der Waals surface area contributed by atoms with Crippen molar-refractivity contribution in [3.63, 3.8) is 0 Å². The lowest BCUT2D eigenvalue weighted by Crippen LogP contribution is -2.17. The molecule has 0 saturated carbocycles. The zero-order valence-corrected chi connectivity index (χ0v) is 14.0. The number of amides is 1. The van der Waals surface area contributed by atoms with Gasteiger partial charge >= 0.3 is 0 Å². The number of ether oxygens (including phenoxy) is 1. The summed E-state index contributed by atoms with van der Waals surface area (Å²) in [6.45, 7) is 4.11. The predicted octanol–water partition coefficient (Wildman–Crippen LogP) is 3.60. The molecule has 6 nitrogen and oxygen atoms in total. The second kappa shape index (κ2) is 7.78. The molecular weight excluding hydrogens is 316 g/mol. The first-order chi connectivity index (χ1) is 11.0. The number of aromatic nitrogens is 2. The van der Waals surface area contributed by atoms with Gasteiger partial charge in [0.2, 0.25) is 0 Å². The van der Waals surface area contributed by atoms with Gasteiger partial charge in [-0.2, -0.15) is 0 Å². The van der Waals surface area contributed by atoms with Gasteiger partial charge in [0, 0.05) is 17.8 Å². The molecule has 0 saturated heterocycles.